The number of H-pyrrole nitrogens is 1. The van der Waals surface area contributed by atoms with E-state index in [1.165, 1.54) is 10.8 Å². The van der Waals surface area contributed by atoms with Crippen LogP contribution in [0.4, 0.5) is 5.82 Å². The molecule has 2 saturated heterocycles. The Bertz CT molecular complexity index is 1900. The van der Waals surface area contributed by atoms with Gasteiger partial charge in [0.2, 0.25) is 11.8 Å². The third-order valence-electron chi connectivity index (χ3n) is 8.80. The first-order valence-electron chi connectivity index (χ1n) is 15.9. The summed E-state index contributed by atoms with van der Waals surface area (Å²) in [7, 11) is 1.69. The number of imide groups is 1. The molecule has 3 amide bonds. The number of piperidine rings is 2. The number of likely N-dealkylation sites (tertiary alicyclic amines) is 1. The van der Waals surface area contributed by atoms with E-state index < -0.39 is 11.9 Å². The highest BCUT2D eigenvalue weighted by molar-refractivity contribution is 6.03. The third-order valence-corrected chi connectivity index (χ3v) is 8.80. The van der Waals surface area contributed by atoms with E-state index in [0.717, 1.165) is 50.2 Å². The summed E-state index contributed by atoms with van der Waals surface area (Å²) in [4.78, 5) is 52.1. The molecule has 2 aliphatic rings. The van der Waals surface area contributed by atoms with Crippen LogP contribution in [0.5, 0.6) is 0 Å². The fraction of sp³-hybridized carbons (Fsp3) is 0.455. The Labute approximate surface area is 271 Å². The molecule has 4 aromatic rings. The van der Waals surface area contributed by atoms with Gasteiger partial charge in [-0.3, -0.25) is 38.6 Å². The minimum atomic E-state index is -0.717. The molecule has 0 radical (unpaired) electrons. The summed E-state index contributed by atoms with van der Waals surface area (Å²) in [5.74, 6) is 6.59. The largest absolute Gasteiger partial charge is 0.378 e. The molecule has 1 aromatic carbocycles. The molecular weight excluding hydrogens is 602 g/mol. The second kappa shape index (κ2) is 14.2. The molecule has 3 N–H and O–H groups in total. The Morgan fingerprint density at radius 3 is 2.70 bits per heavy atom. The van der Waals surface area contributed by atoms with E-state index in [0.29, 0.717) is 54.5 Å². The van der Waals surface area contributed by atoms with Crippen LogP contribution in [0, 0.1) is 24.7 Å². The lowest BCUT2D eigenvalue weighted by Gasteiger charge is -2.31. The van der Waals surface area contributed by atoms with E-state index in [-0.39, 0.29) is 23.9 Å². The van der Waals surface area contributed by atoms with Crippen molar-refractivity contribution < 1.29 is 19.1 Å². The Morgan fingerprint density at radius 1 is 1.13 bits per heavy atom. The standard InChI is InChI=1S/C33H39N9O5/c1-22-19-28(38-37-22)35-31(44)25-20-34-41(21-25)16-18-47-17-15-40-13-11-23(12-14-40)5-3-6-24-7-4-8-26-30(24)39(2)33(46)42(26)27-9-10-29(43)36-32(27)45/h4,7-8,19-21,23,27H,5,9-18H2,1-2H3,(H,36,43,45)(H2,35,37,38,44). The minimum absolute atomic E-state index is 0.203. The number of benzene rings is 1. The summed E-state index contributed by atoms with van der Waals surface area (Å²) in [5.41, 5.74) is 3.13. The molecule has 3 aromatic heterocycles. The number of amides is 3. The monoisotopic (exact) mass is 641 g/mol. The van der Waals surface area contributed by atoms with Gasteiger partial charge >= 0.3 is 5.69 Å². The maximum Gasteiger partial charge on any atom is 0.329 e. The van der Waals surface area contributed by atoms with Crippen molar-refractivity contribution in [3.63, 3.8) is 0 Å². The molecular formula is C33H39N9O5. The predicted octanol–water partition coefficient (Wildman–Crippen LogP) is 1.97. The van der Waals surface area contributed by atoms with Gasteiger partial charge in [0.25, 0.3) is 5.91 Å². The summed E-state index contributed by atoms with van der Waals surface area (Å²) in [6, 6.07) is 6.62. The van der Waals surface area contributed by atoms with Gasteiger partial charge in [0.05, 0.1) is 48.1 Å². The zero-order valence-corrected chi connectivity index (χ0v) is 26.6. The van der Waals surface area contributed by atoms with E-state index in [1.807, 2.05) is 25.1 Å². The summed E-state index contributed by atoms with van der Waals surface area (Å²) >= 11 is 0. The van der Waals surface area contributed by atoms with Gasteiger partial charge in [-0.1, -0.05) is 17.9 Å². The molecule has 1 unspecified atom stereocenters. The maximum absolute atomic E-state index is 13.2. The fourth-order valence-corrected chi connectivity index (χ4v) is 6.20. The van der Waals surface area contributed by atoms with Gasteiger partial charge in [-0.05, 0) is 57.3 Å². The second-order valence-electron chi connectivity index (χ2n) is 12.1. The van der Waals surface area contributed by atoms with E-state index in [9.17, 15) is 19.2 Å². The van der Waals surface area contributed by atoms with Gasteiger partial charge < -0.3 is 15.0 Å². The average molecular weight is 642 g/mol. The van der Waals surface area contributed by atoms with Gasteiger partial charge in [0.15, 0.2) is 5.82 Å². The number of aryl methyl sites for hydroxylation is 2. The molecule has 246 valence electrons. The maximum atomic E-state index is 13.2. The normalized spacial score (nSPS) is 17.4. The smallest absolute Gasteiger partial charge is 0.329 e. The average Bonchev–Trinajstić information content (AvgIpc) is 3.76. The first-order chi connectivity index (χ1) is 22.8. The van der Waals surface area contributed by atoms with E-state index >= 15 is 0 Å². The molecule has 2 aliphatic heterocycles. The summed E-state index contributed by atoms with van der Waals surface area (Å²) in [6.45, 7) is 6.38. The van der Waals surface area contributed by atoms with Crippen molar-refractivity contribution in [2.24, 2.45) is 13.0 Å². The highest BCUT2D eigenvalue weighted by Crippen LogP contribution is 2.25. The number of anilines is 1. The number of rotatable bonds is 10. The first kappa shape index (κ1) is 32.0. The van der Waals surface area contributed by atoms with Crippen LogP contribution in [-0.4, -0.2) is 84.6 Å². The highest BCUT2D eigenvalue weighted by Gasteiger charge is 2.31. The molecule has 0 aliphatic carbocycles. The number of carbonyl (C=O) groups is 3. The van der Waals surface area contributed by atoms with Crippen molar-refractivity contribution >= 4 is 34.6 Å². The highest BCUT2D eigenvalue weighted by atomic mass is 16.5. The second-order valence-corrected chi connectivity index (χ2v) is 12.1. The van der Waals surface area contributed by atoms with Gasteiger partial charge in [-0.2, -0.15) is 10.2 Å². The van der Waals surface area contributed by atoms with Crippen molar-refractivity contribution in [3.8, 4) is 11.8 Å². The van der Waals surface area contributed by atoms with Crippen molar-refractivity contribution in [3.05, 3.63) is 64.0 Å². The number of carbonyl (C=O) groups excluding carboxylic acids is 3. The van der Waals surface area contributed by atoms with Crippen molar-refractivity contribution in [1.82, 2.24) is 39.3 Å². The third kappa shape index (κ3) is 7.37. The van der Waals surface area contributed by atoms with Crippen LogP contribution in [0.15, 0.2) is 41.5 Å². The number of fused-ring (bicyclic) bond motifs is 1. The Morgan fingerprint density at radius 2 is 1.94 bits per heavy atom. The lowest BCUT2D eigenvalue weighted by Crippen LogP contribution is -2.44. The number of para-hydroxylation sites is 1. The van der Waals surface area contributed by atoms with Crippen LogP contribution in [0.3, 0.4) is 0 Å². The number of aromatic nitrogens is 6. The Hall–Kier alpha value is -5.00. The molecule has 14 nitrogen and oxygen atoms in total. The quantitative estimate of drug-likeness (QED) is 0.135. The Balaban J connectivity index is 0.929. The molecule has 0 saturated carbocycles. The molecule has 5 heterocycles. The molecule has 2 fully saturated rings. The van der Waals surface area contributed by atoms with Crippen LogP contribution < -0.4 is 16.3 Å². The molecule has 14 heteroatoms. The lowest BCUT2D eigenvalue weighted by atomic mass is 9.93. The number of hydrogen-bond donors (Lipinski definition) is 3. The summed E-state index contributed by atoms with van der Waals surface area (Å²) in [6.07, 6.45) is 6.61. The molecule has 1 atom stereocenters. The number of ether oxygens (including phenoxy) is 1. The molecule has 6 rings (SSSR count). The van der Waals surface area contributed by atoms with E-state index in [2.05, 4.69) is 42.7 Å². The van der Waals surface area contributed by atoms with Gasteiger partial charge in [-0.25, -0.2) is 4.79 Å². The fourth-order valence-electron chi connectivity index (χ4n) is 6.20. The van der Waals surface area contributed by atoms with Crippen LogP contribution in [-0.2, 0) is 27.9 Å². The number of nitrogens with one attached hydrogen (secondary N) is 3. The van der Waals surface area contributed by atoms with E-state index in [1.54, 1.807) is 28.6 Å². The zero-order chi connectivity index (χ0) is 32.9. The van der Waals surface area contributed by atoms with Crippen LogP contribution >= 0.6 is 0 Å². The van der Waals surface area contributed by atoms with Gasteiger partial charge in [0, 0.05) is 44.4 Å². The summed E-state index contributed by atoms with van der Waals surface area (Å²) < 4.78 is 10.6. The zero-order valence-electron chi connectivity index (χ0n) is 26.6. The SMILES string of the molecule is Cc1cc(NC(=O)c2cnn(CCOCCN3CCC(CC#Cc4cccc5c4n(C)c(=O)n5C4CCC(=O)NC4=O)CC3)c2)n[nH]1. The number of imidazole rings is 1. The minimum Gasteiger partial charge on any atom is -0.378 e. The predicted molar refractivity (Wildman–Crippen MR) is 174 cm³/mol. The summed E-state index contributed by atoms with van der Waals surface area (Å²) in [5, 5.41) is 16.2. The van der Waals surface area contributed by atoms with Crippen LogP contribution in [0.25, 0.3) is 11.0 Å². The molecule has 0 bridgehead atoms. The van der Waals surface area contributed by atoms with E-state index in [4.69, 9.17) is 4.74 Å². The van der Waals surface area contributed by atoms with Crippen LogP contribution in [0.2, 0.25) is 0 Å². The van der Waals surface area contributed by atoms with Gasteiger partial charge in [0.1, 0.15) is 6.04 Å². The number of hydrogen-bond acceptors (Lipinski definition) is 8. The Kier molecular flexibility index (Phi) is 9.65. The molecule has 47 heavy (non-hydrogen) atoms. The topological polar surface area (TPSA) is 161 Å². The first-order valence-corrected chi connectivity index (χ1v) is 15.9. The van der Waals surface area contributed by atoms with Crippen molar-refractivity contribution in [2.75, 3.05) is 38.2 Å². The van der Waals surface area contributed by atoms with Crippen molar-refractivity contribution in [2.45, 2.75) is 51.6 Å². The van der Waals surface area contributed by atoms with Crippen LogP contribution in [0.1, 0.15) is 59.8 Å². The number of nitrogens with zero attached hydrogens (tertiary/aromatic N) is 6. The van der Waals surface area contributed by atoms with Crippen molar-refractivity contribution in [1.29, 1.82) is 0 Å². The molecule has 0 spiro atoms. The lowest BCUT2D eigenvalue weighted by molar-refractivity contribution is -0.135. The van der Waals surface area contributed by atoms with Gasteiger partial charge in [-0.15, -0.1) is 0 Å². The number of aromatic amines is 1.